The van der Waals surface area contributed by atoms with E-state index in [4.69, 9.17) is 0 Å². The summed E-state index contributed by atoms with van der Waals surface area (Å²) in [5.74, 6) is 1.85. The van der Waals surface area contributed by atoms with Crippen LogP contribution in [0.4, 0.5) is 5.69 Å². The second-order valence-corrected chi connectivity index (χ2v) is 6.36. The zero-order valence-electron chi connectivity index (χ0n) is 10.1. The van der Waals surface area contributed by atoms with Gasteiger partial charge in [0, 0.05) is 17.7 Å². The number of thioether (sulfide) groups is 1. The number of carbonyl (C=O) groups is 1. The van der Waals surface area contributed by atoms with E-state index in [-0.39, 0.29) is 17.6 Å². The van der Waals surface area contributed by atoms with Gasteiger partial charge in [0.2, 0.25) is 0 Å². The molecule has 1 aromatic rings. The van der Waals surface area contributed by atoms with Gasteiger partial charge in [-0.05, 0) is 52.4 Å². The quantitative estimate of drug-likeness (QED) is 0.675. The number of nitrogens with zero attached hydrogens (tertiary/aromatic N) is 1. The zero-order chi connectivity index (χ0) is 13.8. The van der Waals surface area contributed by atoms with Crippen LogP contribution in [0.15, 0.2) is 22.7 Å². The summed E-state index contributed by atoms with van der Waals surface area (Å²) in [5, 5.41) is 13.8. The minimum Gasteiger partial charge on any atom is -0.349 e. The molecule has 0 radical (unpaired) electrons. The van der Waals surface area contributed by atoms with E-state index in [1.165, 1.54) is 12.1 Å². The van der Waals surface area contributed by atoms with Crippen LogP contribution in [0.5, 0.6) is 0 Å². The number of nitrogens with one attached hydrogen (secondary N) is 1. The van der Waals surface area contributed by atoms with Crippen LogP contribution in [0.1, 0.15) is 23.2 Å². The molecule has 0 bridgehead atoms. The fraction of sp³-hybridized carbons (Fsp3) is 0.417. The molecule has 1 heterocycles. The van der Waals surface area contributed by atoms with Gasteiger partial charge in [-0.2, -0.15) is 11.8 Å². The van der Waals surface area contributed by atoms with Crippen molar-refractivity contribution in [2.24, 2.45) is 0 Å². The predicted molar refractivity (Wildman–Crippen MR) is 78.6 cm³/mol. The monoisotopic (exact) mass is 344 g/mol. The van der Waals surface area contributed by atoms with Crippen LogP contribution in [-0.4, -0.2) is 28.4 Å². The molecule has 19 heavy (non-hydrogen) atoms. The van der Waals surface area contributed by atoms with Crippen LogP contribution in [0.3, 0.4) is 0 Å². The summed E-state index contributed by atoms with van der Waals surface area (Å²) in [5.41, 5.74) is 0.236. The predicted octanol–water partition coefficient (Wildman–Crippen LogP) is 2.98. The van der Waals surface area contributed by atoms with Gasteiger partial charge in [0.25, 0.3) is 11.6 Å². The molecular weight excluding hydrogens is 332 g/mol. The summed E-state index contributed by atoms with van der Waals surface area (Å²) in [4.78, 5) is 22.4. The van der Waals surface area contributed by atoms with Gasteiger partial charge in [0.1, 0.15) is 0 Å². The Kier molecular flexibility index (Phi) is 4.81. The van der Waals surface area contributed by atoms with Gasteiger partial charge in [-0.25, -0.2) is 0 Å². The number of rotatable bonds is 3. The lowest BCUT2D eigenvalue weighted by Gasteiger charge is -2.22. The Balaban J connectivity index is 2.10. The van der Waals surface area contributed by atoms with Crippen LogP contribution < -0.4 is 5.32 Å². The number of nitro groups is 1. The molecule has 2 rings (SSSR count). The first-order chi connectivity index (χ1) is 9.08. The summed E-state index contributed by atoms with van der Waals surface area (Å²) < 4.78 is 0.378. The van der Waals surface area contributed by atoms with Crippen LogP contribution in [-0.2, 0) is 0 Å². The zero-order valence-corrected chi connectivity index (χ0v) is 12.5. The number of benzene rings is 1. The summed E-state index contributed by atoms with van der Waals surface area (Å²) >= 11 is 4.99. The maximum atomic E-state index is 12.0. The summed E-state index contributed by atoms with van der Waals surface area (Å²) in [6.07, 6.45) is 1.91. The molecule has 102 valence electrons. The number of nitro benzene ring substituents is 1. The molecule has 0 spiro atoms. The van der Waals surface area contributed by atoms with Crippen LogP contribution in [0.2, 0.25) is 0 Å². The fourth-order valence-corrected chi connectivity index (χ4v) is 3.40. The number of amides is 1. The van der Waals surface area contributed by atoms with Gasteiger partial charge in [-0.15, -0.1) is 0 Å². The topological polar surface area (TPSA) is 72.2 Å². The van der Waals surface area contributed by atoms with Crippen molar-refractivity contribution in [3.8, 4) is 0 Å². The SMILES string of the molecule is O=C(NC1CCSCC1)c1ccc(Br)c([N+](=O)[O-])c1. The van der Waals surface area contributed by atoms with Crippen LogP contribution >= 0.6 is 27.7 Å². The Morgan fingerprint density at radius 3 is 2.74 bits per heavy atom. The Hall–Kier alpha value is -1.08. The highest BCUT2D eigenvalue weighted by Gasteiger charge is 2.19. The van der Waals surface area contributed by atoms with Crippen molar-refractivity contribution in [2.45, 2.75) is 18.9 Å². The van der Waals surface area contributed by atoms with E-state index in [1.54, 1.807) is 6.07 Å². The van der Waals surface area contributed by atoms with Crippen molar-refractivity contribution >= 4 is 39.3 Å². The highest BCUT2D eigenvalue weighted by molar-refractivity contribution is 9.10. The minimum absolute atomic E-state index is 0.0909. The van der Waals surface area contributed by atoms with Gasteiger partial charge in [-0.3, -0.25) is 14.9 Å². The van der Waals surface area contributed by atoms with Crippen molar-refractivity contribution in [1.29, 1.82) is 0 Å². The third kappa shape index (κ3) is 3.70. The third-order valence-electron chi connectivity index (χ3n) is 2.96. The van der Waals surface area contributed by atoms with E-state index >= 15 is 0 Å². The van der Waals surface area contributed by atoms with Gasteiger partial charge < -0.3 is 5.32 Å². The molecule has 0 aromatic heterocycles. The van der Waals surface area contributed by atoms with E-state index in [1.807, 2.05) is 11.8 Å². The Labute approximate surface area is 123 Å². The van der Waals surface area contributed by atoms with Crippen molar-refractivity contribution in [3.63, 3.8) is 0 Å². The number of hydrogen-bond acceptors (Lipinski definition) is 4. The summed E-state index contributed by atoms with van der Waals surface area (Å²) in [6, 6.07) is 4.60. The highest BCUT2D eigenvalue weighted by Crippen LogP contribution is 2.26. The molecule has 5 nitrogen and oxygen atoms in total. The van der Waals surface area contributed by atoms with Crippen molar-refractivity contribution in [1.82, 2.24) is 5.32 Å². The van der Waals surface area contributed by atoms with Gasteiger partial charge in [0.15, 0.2) is 0 Å². The molecule has 1 fully saturated rings. The molecule has 1 amide bonds. The van der Waals surface area contributed by atoms with Crippen LogP contribution in [0.25, 0.3) is 0 Å². The molecule has 1 aliphatic rings. The number of hydrogen-bond donors (Lipinski definition) is 1. The average Bonchev–Trinajstić information content (AvgIpc) is 2.40. The smallest absolute Gasteiger partial charge is 0.284 e. The van der Waals surface area contributed by atoms with E-state index in [2.05, 4.69) is 21.2 Å². The lowest BCUT2D eigenvalue weighted by molar-refractivity contribution is -0.385. The molecule has 0 aliphatic carbocycles. The molecular formula is C12H13BrN2O3S. The minimum atomic E-state index is -0.502. The molecule has 7 heteroatoms. The van der Waals surface area contributed by atoms with E-state index in [0.717, 1.165) is 24.3 Å². The van der Waals surface area contributed by atoms with E-state index in [0.29, 0.717) is 10.0 Å². The van der Waals surface area contributed by atoms with Gasteiger partial charge >= 0.3 is 0 Å². The second-order valence-electron chi connectivity index (χ2n) is 4.28. The third-order valence-corrected chi connectivity index (χ3v) is 4.68. The molecule has 0 unspecified atom stereocenters. The van der Waals surface area contributed by atoms with Crippen molar-refractivity contribution in [2.75, 3.05) is 11.5 Å². The first kappa shape index (κ1) is 14.3. The Morgan fingerprint density at radius 1 is 1.42 bits per heavy atom. The maximum Gasteiger partial charge on any atom is 0.284 e. The summed E-state index contributed by atoms with van der Waals surface area (Å²) in [6.45, 7) is 0. The van der Waals surface area contributed by atoms with Crippen molar-refractivity contribution in [3.05, 3.63) is 38.3 Å². The fourth-order valence-electron chi connectivity index (χ4n) is 1.90. The molecule has 0 atom stereocenters. The van der Waals surface area contributed by atoms with Gasteiger partial charge in [0.05, 0.1) is 9.40 Å². The normalized spacial score (nSPS) is 16.1. The lowest BCUT2D eigenvalue weighted by atomic mass is 10.1. The molecule has 0 saturated carbocycles. The highest BCUT2D eigenvalue weighted by atomic mass is 79.9. The molecule has 1 saturated heterocycles. The molecule has 1 aromatic carbocycles. The van der Waals surface area contributed by atoms with Gasteiger partial charge in [-0.1, -0.05) is 0 Å². The Morgan fingerprint density at radius 2 is 2.11 bits per heavy atom. The first-order valence-corrected chi connectivity index (χ1v) is 7.85. The maximum absolute atomic E-state index is 12.0. The molecule has 1 aliphatic heterocycles. The Bertz CT molecular complexity index is 504. The standard InChI is InChI=1S/C12H13BrN2O3S/c13-10-2-1-8(7-11(10)15(17)18)12(16)14-9-3-5-19-6-4-9/h1-2,7,9H,3-6H2,(H,14,16). The van der Waals surface area contributed by atoms with Crippen LogP contribution in [0, 0.1) is 10.1 Å². The first-order valence-electron chi connectivity index (χ1n) is 5.90. The van der Waals surface area contributed by atoms with Crippen molar-refractivity contribution < 1.29 is 9.72 Å². The van der Waals surface area contributed by atoms with E-state index < -0.39 is 4.92 Å². The number of carbonyl (C=O) groups excluding carboxylic acids is 1. The number of halogens is 1. The second kappa shape index (κ2) is 6.38. The average molecular weight is 345 g/mol. The summed E-state index contributed by atoms with van der Waals surface area (Å²) in [7, 11) is 0. The van der Waals surface area contributed by atoms with E-state index in [9.17, 15) is 14.9 Å². The largest absolute Gasteiger partial charge is 0.349 e. The lowest BCUT2D eigenvalue weighted by Crippen LogP contribution is -2.37. The molecule has 1 N–H and O–H groups in total.